The van der Waals surface area contributed by atoms with Gasteiger partial charge in [-0.25, -0.2) is 4.39 Å². The van der Waals surface area contributed by atoms with E-state index in [-0.39, 0.29) is 11.9 Å². The zero-order chi connectivity index (χ0) is 20.4. The Bertz CT molecular complexity index is 1070. The number of quaternary nitrogens is 1. The minimum atomic E-state index is -0.339. The summed E-state index contributed by atoms with van der Waals surface area (Å²) in [6.07, 6.45) is 2.12. The Morgan fingerprint density at radius 1 is 1.17 bits per heavy atom. The number of hydrogen-bond acceptors (Lipinski definition) is 5. The van der Waals surface area contributed by atoms with Crippen LogP contribution >= 0.6 is 12.2 Å². The van der Waals surface area contributed by atoms with E-state index < -0.39 is 0 Å². The van der Waals surface area contributed by atoms with Gasteiger partial charge >= 0.3 is 0 Å². The van der Waals surface area contributed by atoms with E-state index in [1.54, 1.807) is 31.0 Å². The van der Waals surface area contributed by atoms with Crippen LogP contribution in [0.5, 0.6) is 11.5 Å². The summed E-state index contributed by atoms with van der Waals surface area (Å²) >= 11 is 5.55. The van der Waals surface area contributed by atoms with Crippen molar-refractivity contribution in [3.63, 3.8) is 0 Å². The molecule has 1 fully saturated rings. The summed E-state index contributed by atoms with van der Waals surface area (Å²) in [7, 11) is 3.34. The largest absolute Gasteiger partial charge is 0.497 e. The summed E-state index contributed by atoms with van der Waals surface area (Å²) in [5.74, 6) is 1.32. The van der Waals surface area contributed by atoms with E-state index >= 15 is 0 Å². The maximum atomic E-state index is 13.6. The summed E-state index contributed by atoms with van der Waals surface area (Å²) in [5, 5.41) is 8.34. The third-order valence-electron chi connectivity index (χ3n) is 5.34. The van der Waals surface area contributed by atoms with E-state index in [0.717, 1.165) is 36.4 Å². The number of methoxy groups -OCH3 is 2. The van der Waals surface area contributed by atoms with Crippen LogP contribution in [0.15, 0.2) is 42.5 Å². The quantitative estimate of drug-likeness (QED) is 0.625. The zero-order valence-corrected chi connectivity index (χ0v) is 17.2. The summed E-state index contributed by atoms with van der Waals surface area (Å²) in [6.45, 7) is 1.55. The summed E-state index contributed by atoms with van der Waals surface area (Å²) in [5.41, 5.74) is 1.67. The molecule has 1 saturated heterocycles. The van der Waals surface area contributed by atoms with Gasteiger partial charge in [0.1, 0.15) is 23.4 Å². The number of benzene rings is 2. The molecule has 1 aliphatic heterocycles. The fourth-order valence-electron chi connectivity index (χ4n) is 3.92. The fourth-order valence-corrected chi connectivity index (χ4v) is 4.17. The fraction of sp³-hybridized carbons (Fsp3) is 0.350. The summed E-state index contributed by atoms with van der Waals surface area (Å²) in [4.78, 5) is 1.32. The van der Waals surface area contributed by atoms with Gasteiger partial charge in [-0.1, -0.05) is 6.07 Å². The lowest BCUT2D eigenvalue weighted by Crippen LogP contribution is -3.09. The van der Waals surface area contributed by atoms with Crippen LogP contribution in [-0.2, 0) is 6.67 Å². The van der Waals surface area contributed by atoms with Crippen LogP contribution in [0.4, 0.5) is 4.39 Å². The molecule has 3 aromatic rings. The Balaban J connectivity index is 1.61. The van der Waals surface area contributed by atoms with Crippen molar-refractivity contribution in [1.29, 1.82) is 0 Å². The first-order valence-electron chi connectivity index (χ1n) is 9.46. The van der Waals surface area contributed by atoms with Gasteiger partial charge < -0.3 is 14.4 Å². The van der Waals surface area contributed by atoms with Crippen LogP contribution in [0.3, 0.4) is 0 Å². The second-order valence-electron chi connectivity index (χ2n) is 7.02. The monoisotopic (exact) mass is 416 g/mol. The normalized spacial score (nSPS) is 18.7. The third-order valence-corrected chi connectivity index (χ3v) is 5.72. The number of ether oxygens (including phenoxy) is 2. The van der Waals surface area contributed by atoms with Crippen molar-refractivity contribution >= 4 is 12.2 Å². The molecule has 1 unspecified atom stereocenters. The standard InChI is InChI=1S/C20H22FN5O2S/c1-27-16-8-9-19(28-2)17(12-16)18-7-4-10-24(18)13-25-20(29)26(23-22-25)15-6-3-5-14(21)11-15/h3,5-6,8-9,11-12,18H,4,7,10,13H2,1-2H3/p+1/t18-/m1/s1. The van der Waals surface area contributed by atoms with Gasteiger partial charge in [-0.2, -0.15) is 9.36 Å². The van der Waals surface area contributed by atoms with Crippen molar-refractivity contribution in [1.82, 2.24) is 19.8 Å². The van der Waals surface area contributed by atoms with Gasteiger partial charge in [0.05, 0.1) is 32.0 Å². The molecule has 1 aromatic heterocycles. The van der Waals surface area contributed by atoms with Crippen molar-refractivity contribution in [2.24, 2.45) is 0 Å². The summed E-state index contributed by atoms with van der Waals surface area (Å²) < 4.78 is 28.2. The average molecular weight is 417 g/mol. The van der Waals surface area contributed by atoms with Crippen LogP contribution in [0.25, 0.3) is 5.69 Å². The van der Waals surface area contributed by atoms with Gasteiger partial charge in [0, 0.05) is 12.8 Å². The minimum absolute atomic E-state index is 0.237. The average Bonchev–Trinajstić information content (AvgIpc) is 3.34. The Morgan fingerprint density at radius 2 is 2.03 bits per heavy atom. The smallest absolute Gasteiger partial charge is 0.225 e. The number of tetrazole rings is 1. The van der Waals surface area contributed by atoms with Crippen molar-refractivity contribution < 1.29 is 18.8 Å². The van der Waals surface area contributed by atoms with Crippen molar-refractivity contribution in [2.45, 2.75) is 25.6 Å². The lowest BCUT2D eigenvalue weighted by atomic mass is 10.0. The first-order chi connectivity index (χ1) is 14.1. The highest BCUT2D eigenvalue weighted by atomic mass is 32.1. The lowest BCUT2D eigenvalue weighted by molar-refractivity contribution is -0.941. The first-order valence-corrected chi connectivity index (χ1v) is 9.87. The first kappa shape index (κ1) is 19.5. The number of likely N-dealkylation sites (tertiary alicyclic amines) is 1. The van der Waals surface area contributed by atoms with Crippen LogP contribution < -0.4 is 14.4 Å². The van der Waals surface area contributed by atoms with Gasteiger partial charge in [0.2, 0.25) is 4.77 Å². The van der Waals surface area contributed by atoms with E-state index in [1.165, 1.54) is 21.7 Å². The molecule has 1 N–H and O–H groups in total. The Kier molecular flexibility index (Phi) is 5.59. The van der Waals surface area contributed by atoms with Gasteiger partial charge in [0.25, 0.3) is 0 Å². The SMILES string of the molecule is COc1ccc(OC)c([C@H]2CCC[NH+]2Cn2nnn(-c3cccc(F)c3)c2=S)c1. The van der Waals surface area contributed by atoms with Crippen LogP contribution in [0.1, 0.15) is 24.4 Å². The highest BCUT2D eigenvalue weighted by Gasteiger charge is 2.33. The molecular formula is C20H23FN5O2S+. The van der Waals surface area contributed by atoms with Gasteiger partial charge in [-0.3, -0.25) is 0 Å². The Labute approximate surface area is 173 Å². The molecule has 0 amide bonds. The van der Waals surface area contributed by atoms with Gasteiger partial charge in [0.15, 0.2) is 6.67 Å². The number of halogens is 1. The molecule has 29 heavy (non-hydrogen) atoms. The van der Waals surface area contributed by atoms with Crippen molar-refractivity contribution in [2.75, 3.05) is 20.8 Å². The van der Waals surface area contributed by atoms with E-state index in [0.29, 0.717) is 17.1 Å². The molecule has 0 radical (unpaired) electrons. The highest BCUT2D eigenvalue weighted by molar-refractivity contribution is 7.71. The maximum Gasteiger partial charge on any atom is 0.225 e. The van der Waals surface area contributed by atoms with Crippen LogP contribution in [-0.4, -0.2) is 40.6 Å². The van der Waals surface area contributed by atoms with Crippen LogP contribution in [0, 0.1) is 10.6 Å². The number of nitrogens with one attached hydrogen (secondary N) is 1. The number of nitrogens with zero attached hydrogens (tertiary/aromatic N) is 4. The molecule has 1 aliphatic rings. The molecule has 7 nitrogen and oxygen atoms in total. The molecule has 9 heteroatoms. The molecule has 0 aliphatic carbocycles. The molecule has 0 spiro atoms. The predicted octanol–water partition coefficient (Wildman–Crippen LogP) is 2.33. The second kappa shape index (κ2) is 8.30. The summed E-state index contributed by atoms with van der Waals surface area (Å²) in [6, 6.07) is 12.3. The van der Waals surface area contributed by atoms with E-state index in [1.807, 2.05) is 18.2 Å². The van der Waals surface area contributed by atoms with Gasteiger partial charge in [-0.15, -0.1) is 0 Å². The zero-order valence-electron chi connectivity index (χ0n) is 16.3. The minimum Gasteiger partial charge on any atom is -0.497 e. The third kappa shape index (κ3) is 3.88. The topological polar surface area (TPSA) is 58.5 Å². The number of aromatic nitrogens is 4. The maximum absolute atomic E-state index is 13.6. The Hall–Kier alpha value is -2.78. The molecule has 0 bridgehead atoms. The molecule has 2 aromatic carbocycles. The molecule has 2 atom stereocenters. The molecule has 4 rings (SSSR count). The van der Waals surface area contributed by atoms with Crippen molar-refractivity contribution in [3.05, 3.63) is 58.6 Å². The molecule has 152 valence electrons. The van der Waals surface area contributed by atoms with E-state index in [2.05, 4.69) is 10.4 Å². The molecule has 0 saturated carbocycles. The predicted molar refractivity (Wildman–Crippen MR) is 107 cm³/mol. The highest BCUT2D eigenvalue weighted by Crippen LogP contribution is 2.31. The molecule has 2 heterocycles. The van der Waals surface area contributed by atoms with Crippen molar-refractivity contribution in [3.8, 4) is 17.2 Å². The van der Waals surface area contributed by atoms with Crippen LogP contribution in [0.2, 0.25) is 0 Å². The second-order valence-corrected chi connectivity index (χ2v) is 7.39. The van der Waals surface area contributed by atoms with E-state index in [4.69, 9.17) is 21.7 Å². The number of hydrogen-bond donors (Lipinski definition) is 1. The van der Waals surface area contributed by atoms with Gasteiger partial charge in [-0.05, 0) is 59.0 Å². The Morgan fingerprint density at radius 3 is 2.79 bits per heavy atom. The lowest BCUT2D eigenvalue weighted by Gasteiger charge is -2.23. The van der Waals surface area contributed by atoms with E-state index in [9.17, 15) is 4.39 Å². The molecular weight excluding hydrogens is 393 g/mol. The number of rotatable bonds is 6.